The van der Waals surface area contributed by atoms with E-state index in [0.717, 1.165) is 11.1 Å². The molecule has 2 aromatic carbocycles. The largest absolute Gasteiger partial charge is 0.484 e. The number of halogens is 2. The molecule has 0 saturated carbocycles. The maximum atomic E-state index is 11.8. The van der Waals surface area contributed by atoms with E-state index in [1.54, 1.807) is 30.3 Å². The number of nitrogens with zero attached hydrogens (tertiary/aromatic N) is 1. The molecule has 0 aliphatic carbocycles. The second-order valence-electron chi connectivity index (χ2n) is 6.16. The van der Waals surface area contributed by atoms with E-state index in [0.29, 0.717) is 27.3 Å². The van der Waals surface area contributed by atoms with Gasteiger partial charge in [0.15, 0.2) is 6.61 Å². The Hall–Kier alpha value is -2.76. The lowest BCUT2D eigenvalue weighted by molar-refractivity contribution is -0.123. The summed E-state index contributed by atoms with van der Waals surface area (Å²) in [6.07, 6.45) is 1.41. The third kappa shape index (κ3) is 5.15. The minimum atomic E-state index is -0.370. The predicted octanol–water partition coefficient (Wildman–Crippen LogP) is 5.40. The zero-order valence-corrected chi connectivity index (χ0v) is 16.8. The molecular formula is C21H18Cl2N2O3. The highest BCUT2D eigenvalue weighted by atomic mass is 35.5. The highest BCUT2D eigenvalue weighted by Gasteiger charge is 2.07. The number of hydrazone groups is 1. The maximum absolute atomic E-state index is 11.8. The molecule has 5 nitrogen and oxygen atoms in total. The number of hydrogen-bond acceptors (Lipinski definition) is 4. The number of furan rings is 1. The van der Waals surface area contributed by atoms with Crippen molar-refractivity contribution >= 4 is 35.3 Å². The third-order valence-electron chi connectivity index (χ3n) is 4.06. The van der Waals surface area contributed by atoms with Gasteiger partial charge < -0.3 is 9.15 Å². The lowest BCUT2D eigenvalue weighted by Crippen LogP contribution is -2.24. The van der Waals surface area contributed by atoms with Gasteiger partial charge in [-0.25, -0.2) is 5.43 Å². The van der Waals surface area contributed by atoms with E-state index in [9.17, 15) is 4.79 Å². The first-order valence-electron chi connectivity index (χ1n) is 8.49. The van der Waals surface area contributed by atoms with Crippen molar-refractivity contribution in [1.29, 1.82) is 0 Å². The Balaban J connectivity index is 1.53. The van der Waals surface area contributed by atoms with E-state index in [2.05, 4.69) is 10.5 Å². The number of carbonyl (C=O) groups excluding carboxylic acids is 1. The fraction of sp³-hybridized carbons (Fsp3) is 0.143. The molecule has 7 heteroatoms. The normalized spacial score (nSPS) is 11.0. The molecule has 0 aliphatic rings. The van der Waals surface area contributed by atoms with Gasteiger partial charge in [-0.05, 0) is 67.4 Å². The van der Waals surface area contributed by atoms with E-state index in [4.69, 9.17) is 32.4 Å². The molecule has 0 unspecified atom stereocenters. The third-order valence-corrected chi connectivity index (χ3v) is 4.80. The van der Waals surface area contributed by atoms with Crippen LogP contribution in [0.1, 0.15) is 16.9 Å². The molecule has 1 N–H and O–H groups in total. The van der Waals surface area contributed by atoms with Crippen LogP contribution in [-0.2, 0) is 4.79 Å². The van der Waals surface area contributed by atoms with Crippen LogP contribution in [0.4, 0.5) is 0 Å². The van der Waals surface area contributed by atoms with Crippen molar-refractivity contribution in [3.05, 3.63) is 75.5 Å². The lowest BCUT2D eigenvalue weighted by Gasteiger charge is -2.07. The Morgan fingerprint density at radius 3 is 2.64 bits per heavy atom. The van der Waals surface area contributed by atoms with Crippen LogP contribution in [0.3, 0.4) is 0 Å². The monoisotopic (exact) mass is 416 g/mol. The van der Waals surface area contributed by atoms with Crippen molar-refractivity contribution in [2.24, 2.45) is 5.10 Å². The van der Waals surface area contributed by atoms with Gasteiger partial charge in [0.25, 0.3) is 5.91 Å². The van der Waals surface area contributed by atoms with Crippen molar-refractivity contribution in [3.63, 3.8) is 0 Å². The summed E-state index contributed by atoms with van der Waals surface area (Å²) in [6.45, 7) is 3.87. The van der Waals surface area contributed by atoms with Gasteiger partial charge >= 0.3 is 0 Å². The van der Waals surface area contributed by atoms with Gasteiger partial charge in [-0.15, -0.1) is 0 Å². The predicted molar refractivity (Wildman–Crippen MR) is 111 cm³/mol. The van der Waals surface area contributed by atoms with Crippen molar-refractivity contribution in [1.82, 2.24) is 5.43 Å². The molecule has 0 bridgehead atoms. The standard InChI is InChI=1S/C21H18Cl2N2O3/c1-13-3-5-16(9-14(13)2)27-12-21(26)25-24-11-17-6-8-20(28-17)15-4-7-18(22)19(23)10-15/h3-11H,12H2,1-2H3,(H,25,26). The van der Waals surface area contributed by atoms with Crippen LogP contribution in [0.25, 0.3) is 11.3 Å². The van der Waals surface area contributed by atoms with E-state index >= 15 is 0 Å². The Morgan fingerprint density at radius 1 is 1.07 bits per heavy atom. The molecule has 0 saturated heterocycles. The molecule has 0 aliphatic heterocycles. The van der Waals surface area contributed by atoms with Gasteiger partial charge in [0.2, 0.25) is 0 Å². The highest BCUT2D eigenvalue weighted by Crippen LogP contribution is 2.29. The van der Waals surface area contributed by atoms with Gasteiger partial charge in [0.05, 0.1) is 16.3 Å². The van der Waals surface area contributed by atoms with Gasteiger partial charge in [-0.1, -0.05) is 29.3 Å². The Kier molecular flexibility index (Phi) is 6.39. The number of carbonyl (C=O) groups is 1. The molecule has 1 amide bonds. The summed E-state index contributed by atoms with van der Waals surface area (Å²) in [5, 5.41) is 4.80. The number of amides is 1. The number of nitrogens with one attached hydrogen (secondary N) is 1. The van der Waals surface area contributed by atoms with Crippen molar-refractivity contribution in [2.75, 3.05) is 6.61 Å². The molecular weight excluding hydrogens is 399 g/mol. The number of rotatable bonds is 6. The summed E-state index contributed by atoms with van der Waals surface area (Å²) in [4.78, 5) is 11.8. The Labute approximate surface area is 172 Å². The van der Waals surface area contributed by atoms with Crippen LogP contribution in [0.5, 0.6) is 5.75 Å². The molecule has 28 heavy (non-hydrogen) atoms. The zero-order chi connectivity index (χ0) is 20.1. The van der Waals surface area contributed by atoms with Crippen LogP contribution in [-0.4, -0.2) is 18.7 Å². The molecule has 0 spiro atoms. The second kappa shape index (κ2) is 8.95. The Morgan fingerprint density at radius 2 is 1.89 bits per heavy atom. The number of aryl methyl sites for hydroxylation is 2. The molecule has 0 radical (unpaired) electrons. The molecule has 0 atom stereocenters. The first-order chi connectivity index (χ1) is 13.4. The number of ether oxygens (including phenoxy) is 1. The van der Waals surface area contributed by atoms with Crippen LogP contribution >= 0.6 is 23.2 Å². The van der Waals surface area contributed by atoms with Crippen LogP contribution in [0.2, 0.25) is 10.0 Å². The highest BCUT2D eigenvalue weighted by molar-refractivity contribution is 6.42. The second-order valence-corrected chi connectivity index (χ2v) is 6.97. The van der Waals surface area contributed by atoms with Gasteiger partial charge in [-0.2, -0.15) is 5.10 Å². The van der Waals surface area contributed by atoms with Gasteiger partial charge in [0.1, 0.15) is 17.3 Å². The maximum Gasteiger partial charge on any atom is 0.277 e. The molecule has 3 rings (SSSR count). The van der Waals surface area contributed by atoms with E-state index < -0.39 is 0 Å². The number of hydrogen-bond donors (Lipinski definition) is 1. The SMILES string of the molecule is Cc1ccc(OCC(=O)NN=Cc2ccc(-c3ccc(Cl)c(Cl)c3)o2)cc1C. The Bertz CT molecular complexity index is 1030. The van der Waals surface area contributed by atoms with Crippen molar-refractivity contribution < 1.29 is 13.9 Å². The topological polar surface area (TPSA) is 63.8 Å². The van der Waals surface area contributed by atoms with Crippen molar-refractivity contribution in [3.8, 4) is 17.1 Å². The minimum Gasteiger partial charge on any atom is -0.484 e. The molecule has 3 aromatic rings. The fourth-order valence-corrected chi connectivity index (χ4v) is 2.68. The van der Waals surface area contributed by atoms with E-state index in [1.165, 1.54) is 11.8 Å². The summed E-state index contributed by atoms with van der Waals surface area (Å²) < 4.78 is 11.1. The van der Waals surface area contributed by atoms with Crippen LogP contribution in [0, 0.1) is 13.8 Å². The van der Waals surface area contributed by atoms with Gasteiger partial charge in [-0.3, -0.25) is 4.79 Å². The number of benzene rings is 2. The molecule has 0 fully saturated rings. The summed E-state index contributed by atoms with van der Waals surface area (Å²) in [5.41, 5.74) is 5.46. The lowest BCUT2D eigenvalue weighted by atomic mass is 10.1. The smallest absolute Gasteiger partial charge is 0.277 e. The first kappa shape index (κ1) is 20.0. The summed E-state index contributed by atoms with van der Waals surface area (Å²) >= 11 is 11.9. The first-order valence-corrected chi connectivity index (χ1v) is 9.25. The summed E-state index contributed by atoms with van der Waals surface area (Å²) in [6, 6.07) is 14.4. The zero-order valence-electron chi connectivity index (χ0n) is 15.3. The molecule has 1 heterocycles. The fourth-order valence-electron chi connectivity index (χ4n) is 2.38. The molecule has 144 valence electrons. The molecule has 1 aromatic heterocycles. The summed E-state index contributed by atoms with van der Waals surface area (Å²) in [7, 11) is 0. The average molecular weight is 417 g/mol. The van der Waals surface area contributed by atoms with E-state index in [1.807, 2.05) is 32.0 Å². The van der Waals surface area contributed by atoms with Gasteiger partial charge in [0, 0.05) is 5.56 Å². The summed E-state index contributed by atoms with van der Waals surface area (Å²) in [5.74, 6) is 1.37. The van der Waals surface area contributed by atoms with Crippen molar-refractivity contribution in [2.45, 2.75) is 13.8 Å². The minimum absolute atomic E-state index is 0.132. The quantitative estimate of drug-likeness (QED) is 0.432. The van der Waals surface area contributed by atoms with E-state index in [-0.39, 0.29) is 12.5 Å². The van der Waals surface area contributed by atoms with Crippen LogP contribution < -0.4 is 10.2 Å². The average Bonchev–Trinajstić information content (AvgIpc) is 3.14. The van der Waals surface area contributed by atoms with Crippen LogP contribution in [0.15, 0.2) is 58.0 Å².